The summed E-state index contributed by atoms with van der Waals surface area (Å²) in [5.41, 5.74) is 0.671. The zero-order valence-electron chi connectivity index (χ0n) is 15.9. The van der Waals surface area contributed by atoms with Gasteiger partial charge in [-0.2, -0.15) is 0 Å². The average molecular weight is 408 g/mol. The van der Waals surface area contributed by atoms with Crippen molar-refractivity contribution in [3.8, 4) is 0 Å². The zero-order chi connectivity index (χ0) is 20.5. The molecule has 30 heavy (non-hydrogen) atoms. The van der Waals surface area contributed by atoms with Crippen LogP contribution in [0.15, 0.2) is 65.3 Å². The molecule has 3 heterocycles. The number of rotatable bonds is 4. The van der Waals surface area contributed by atoms with E-state index in [1.54, 1.807) is 12.1 Å². The number of fused-ring (bicyclic) bond motifs is 2. The molecule has 2 N–H and O–H groups in total. The minimum Gasteiger partial charge on any atom is -0.459 e. The first-order valence-electron chi connectivity index (χ1n) is 9.72. The smallest absolute Gasteiger partial charge is 0.412 e. The van der Waals surface area contributed by atoms with E-state index >= 15 is 0 Å². The fourth-order valence-electron chi connectivity index (χ4n) is 3.95. The van der Waals surface area contributed by atoms with Crippen LogP contribution in [0.4, 0.5) is 10.5 Å². The van der Waals surface area contributed by atoms with Crippen LogP contribution >= 0.6 is 0 Å². The van der Waals surface area contributed by atoms with Crippen LogP contribution in [-0.4, -0.2) is 49.6 Å². The lowest BCUT2D eigenvalue weighted by molar-refractivity contribution is 0.00861. The average Bonchev–Trinajstić information content (AvgIpc) is 3.49. The highest BCUT2D eigenvalue weighted by molar-refractivity contribution is 6.00. The van der Waals surface area contributed by atoms with Gasteiger partial charge in [0.05, 0.1) is 31.2 Å². The summed E-state index contributed by atoms with van der Waals surface area (Å²) >= 11 is 0. The molecule has 4 atom stereocenters. The van der Waals surface area contributed by atoms with E-state index in [-0.39, 0.29) is 37.0 Å². The molecule has 0 saturated carbocycles. The summed E-state index contributed by atoms with van der Waals surface area (Å²) in [6.07, 6.45) is -0.528. The molecule has 154 valence electrons. The van der Waals surface area contributed by atoms with Crippen molar-refractivity contribution in [2.75, 3.05) is 18.5 Å². The van der Waals surface area contributed by atoms with Crippen molar-refractivity contribution < 1.29 is 28.2 Å². The zero-order valence-corrected chi connectivity index (χ0v) is 15.9. The molecular weight excluding hydrogens is 388 g/mol. The first kappa shape index (κ1) is 18.7. The molecule has 1 aromatic heterocycles. The van der Waals surface area contributed by atoms with Crippen LogP contribution in [-0.2, 0) is 14.2 Å². The second-order valence-electron chi connectivity index (χ2n) is 7.25. The number of hydrogen-bond donors (Lipinski definition) is 2. The maximum Gasteiger partial charge on any atom is 0.412 e. The highest BCUT2D eigenvalue weighted by Crippen LogP contribution is 2.30. The normalized spacial score (nSPS) is 25.1. The lowest BCUT2D eigenvalue weighted by Gasteiger charge is -2.18. The van der Waals surface area contributed by atoms with E-state index in [2.05, 4.69) is 10.6 Å². The van der Waals surface area contributed by atoms with E-state index in [4.69, 9.17) is 18.6 Å². The van der Waals surface area contributed by atoms with E-state index in [0.717, 1.165) is 10.8 Å². The number of carbonyl (C=O) groups excluding carboxylic acids is 2. The van der Waals surface area contributed by atoms with Crippen LogP contribution in [0.1, 0.15) is 10.6 Å². The van der Waals surface area contributed by atoms with E-state index in [0.29, 0.717) is 5.69 Å². The summed E-state index contributed by atoms with van der Waals surface area (Å²) in [6, 6.07) is 16.3. The number of amides is 2. The van der Waals surface area contributed by atoms with Crippen LogP contribution < -0.4 is 10.6 Å². The molecule has 2 saturated heterocycles. The van der Waals surface area contributed by atoms with Gasteiger partial charge in [0.1, 0.15) is 12.2 Å². The minimum absolute atomic E-state index is 0.200. The van der Waals surface area contributed by atoms with E-state index < -0.39 is 18.3 Å². The van der Waals surface area contributed by atoms with Crippen molar-refractivity contribution in [3.63, 3.8) is 0 Å². The van der Waals surface area contributed by atoms with Crippen molar-refractivity contribution in [1.29, 1.82) is 0 Å². The Labute approximate surface area is 172 Å². The van der Waals surface area contributed by atoms with Crippen LogP contribution in [0.25, 0.3) is 10.8 Å². The Bertz CT molecular complexity index is 1060. The summed E-state index contributed by atoms with van der Waals surface area (Å²) in [7, 11) is 0. The summed E-state index contributed by atoms with van der Waals surface area (Å²) in [4.78, 5) is 24.7. The Morgan fingerprint density at radius 1 is 0.933 bits per heavy atom. The van der Waals surface area contributed by atoms with E-state index in [1.807, 2.05) is 42.5 Å². The highest BCUT2D eigenvalue weighted by atomic mass is 16.6. The number of benzene rings is 2. The Hall–Kier alpha value is -3.36. The summed E-state index contributed by atoms with van der Waals surface area (Å²) in [5.74, 6) is -0.116. The Kier molecular flexibility index (Phi) is 4.86. The van der Waals surface area contributed by atoms with Gasteiger partial charge in [0.25, 0.3) is 5.91 Å². The Morgan fingerprint density at radius 2 is 1.77 bits per heavy atom. The van der Waals surface area contributed by atoms with Gasteiger partial charge in [-0.25, -0.2) is 4.79 Å². The predicted molar refractivity (Wildman–Crippen MR) is 107 cm³/mol. The van der Waals surface area contributed by atoms with Gasteiger partial charge in [-0.05, 0) is 23.6 Å². The van der Waals surface area contributed by atoms with Gasteiger partial charge in [0, 0.05) is 5.39 Å². The quantitative estimate of drug-likeness (QED) is 0.689. The van der Waals surface area contributed by atoms with Crippen molar-refractivity contribution in [1.82, 2.24) is 5.32 Å². The molecule has 0 radical (unpaired) electrons. The van der Waals surface area contributed by atoms with E-state index in [1.165, 1.54) is 6.26 Å². The van der Waals surface area contributed by atoms with Crippen LogP contribution in [0.2, 0.25) is 0 Å². The monoisotopic (exact) mass is 408 g/mol. The molecule has 8 nitrogen and oxygen atoms in total. The molecule has 5 rings (SSSR count). The molecule has 0 bridgehead atoms. The van der Waals surface area contributed by atoms with Gasteiger partial charge in [-0.3, -0.25) is 10.1 Å². The lowest BCUT2D eigenvalue weighted by atomic mass is 10.1. The standard InChI is InChI=1S/C22H20N2O6/c25-21(17-9-4-10-27-17)23-16-11-28-20-18(12-29-19(16)20)30-22(26)24-15-8-3-6-13-5-1-2-7-14(13)15/h1-10,16,18-20H,11-12H2,(H,23,25)(H,24,26). The second kappa shape index (κ2) is 7.81. The first-order chi connectivity index (χ1) is 14.7. The SMILES string of the molecule is O=C(Nc1cccc2ccccc12)OC1COC2C(NC(=O)c3ccco3)COC12. The molecule has 8 heteroatoms. The number of furan rings is 1. The van der Waals surface area contributed by atoms with Crippen LogP contribution in [0.5, 0.6) is 0 Å². The Morgan fingerprint density at radius 3 is 2.63 bits per heavy atom. The van der Waals surface area contributed by atoms with Crippen LogP contribution in [0, 0.1) is 0 Å². The third-order valence-corrected chi connectivity index (χ3v) is 5.35. The summed E-state index contributed by atoms with van der Waals surface area (Å²) in [5, 5.41) is 7.60. The van der Waals surface area contributed by atoms with Crippen molar-refractivity contribution in [2.45, 2.75) is 24.4 Å². The molecule has 2 aliphatic heterocycles. The minimum atomic E-state index is -0.577. The fourth-order valence-corrected chi connectivity index (χ4v) is 3.95. The molecule has 2 amide bonds. The number of hydrogen-bond acceptors (Lipinski definition) is 6. The molecule has 0 spiro atoms. The highest BCUT2D eigenvalue weighted by Gasteiger charge is 2.50. The summed E-state index contributed by atoms with van der Waals surface area (Å²) in [6.45, 7) is 0.470. The third kappa shape index (κ3) is 3.51. The van der Waals surface area contributed by atoms with Gasteiger partial charge < -0.3 is 23.9 Å². The Balaban J connectivity index is 1.21. The molecule has 0 aliphatic carbocycles. The predicted octanol–water partition coefficient (Wildman–Crippen LogP) is 2.95. The molecule has 3 aromatic rings. The first-order valence-corrected chi connectivity index (χ1v) is 9.72. The second-order valence-corrected chi connectivity index (χ2v) is 7.25. The molecule has 2 fully saturated rings. The van der Waals surface area contributed by atoms with Crippen molar-refractivity contribution in [3.05, 3.63) is 66.6 Å². The molecular formula is C22H20N2O6. The molecule has 2 aliphatic rings. The largest absolute Gasteiger partial charge is 0.459 e. The topological polar surface area (TPSA) is 99.0 Å². The fraction of sp³-hybridized carbons (Fsp3) is 0.273. The maximum absolute atomic E-state index is 12.5. The van der Waals surface area contributed by atoms with Gasteiger partial charge in [0.15, 0.2) is 11.9 Å². The lowest BCUT2D eigenvalue weighted by Crippen LogP contribution is -2.44. The maximum atomic E-state index is 12.5. The molecule has 2 aromatic carbocycles. The van der Waals surface area contributed by atoms with Gasteiger partial charge in [-0.15, -0.1) is 0 Å². The summed E-state index contributed by atoms with van der Waals surface area (Å²) < 4.78 is 22.2. The number of ether oxygens (including phenoxy) is 3. The van der Waals surface area contributed by atoms with Gasteiger partial charge >= 0.3 is 6.09 Å². The van der Waals surface area contributed by atoms with Crippen LogP contribution in [0.3, 0.4) is 0 Å². The van der Waals surface area contributed by atoms with Gasteiger partial charge in [-0.1, -0.05) is 36.4 Å². The van der Waals surface area contributed by atoms with E-state index in [9.17, 15) is 9.59 Å². The van der Waals surface area contributed by atoms with Crippen molar-refractivity contribution in [2.24, 2.45) is 0 Å². The number of anilines is 1. The van der Waals surface area contributed by atoms with Gasteiger partial charge in [0.2, 0.25) is 0 Å². The van der Waals surface area contributed by atoms with Crippen molar-refractivity contribution >= 4 is 28.5 Å². The third-order valence-electron chi connectivity index (χ3n) is 5.35. The molecule has 4 unspecified atom stereocenters. The number of nitrogens with one attached hydrogen (secondary N) is 2. The number of carbonyl (C=O) groups is 2.